The molecule has 0 saturated carbocycles. The molecule has 1 fully saturated rings. The van der Waals surface area contributed by atoms with Gasteiger partial charge < -0.3 is 20.5 Å². The Balaban J connectivity index is 1.48. The van der Waals surface area contributed by atoms with Gasteiger partial charge >= 0.3 is 0 Å². The number of piperidine rings is 1. The average Bonchev–Trinajstić information content (AvgIpc) is 3.47. The third-order valence-corrected chi connectivity index (χ3v) is 7.17. The van der Waals surface area contributed by atoms with Crippen molar-refractivity contribution in [2.75, 3.05) is 24.3 Å². The van der Waals surface area contributed by atoms with E-state index in [-0.39, 0.29) is 23.7 Å². The SMILES string of the molecule is COc1cc2nc(N)n3nc([C@H]4CC[C@@H](C)N(c5cnn([C@H](C)C(C)(C)O)c5)C4)nc3c2cc1F. The maximum absolute atomic E-state index is 14.5. The highest BCUT2D eigenvalue weighted by molar-refractivity contribution is 5.93. The number of benzene rings is 1. The van der Waals surface area contributed by atoms with Gasteiger partial charge in [0.1, 0.15) is 0 Å². The fraction of sp³-hybridized carbons (Fsp3) is 0.500. The molecule has 5 rings (SSSR count). The van der Waals surface area contributed by atoms with Gasteiger partial charge in [0.05, 0.1) is 36.2 Å². The molecule has 1 saturated heterocycles. The maximum atomic E-state index is 14.5. The number of hydrogen-bond donors (Lipinski definition) is 2. The molecule has 186 valence electrons. The summed E-state index contributed by atoms with van der Waals surface area (Å²) < 4.78 is 22.8. The smallest absolute Gasteiger partial charge is 0.223 e. The van der Waals surface area contributed by atoms with Gasteiger partial charge in [-0.2, -0.15) is 9.61 Å². The minimum Gasteiger partial charge on any atom is -0.494 e. The number of nitrogens with zero attached hydrogens (tertiary/aromatic N) is 7. The van der Waals surface area contributed by atoms with Crippen LogP contribution in [0.5, 0.6) is 5.75 Å². The van der Waals surface area contributed by atoms with Crippen molar-refractivity contribution in [2.45, 2.75) is 64.1 Å². The maximum Gasteiger partial charge on any atom is 0.223 e. The normalized spacial score (nSPS) is 20.0. The van der Waals surface area contributed by atoms with Gasteiger partial charge in [-0.05, 0) is 46.6 Å². The Hall–Kier alpha value is -3.47. The quantitative estimate of drug-likeness (QED) is 0.445. The van der Waals surface area contributed by atoms with E-state index in [0.29, 0.717) is 35.0 Å². The van der Waals surface area contributed by atoms with Crippen molar-refractivity contribution in [1.82, 2.24) is 29.4 Å². The van der Waals surface area contributed by atoms with Crippen molar-refractivity contribution in [2.24, 2.45) is 0 Å². The molecule has 3 atom stereocenters. The van der Waals surface area contributed by atoms with Gasteiger partial charge in [0.15, 0.2) is 23.0 Å². The molecule has 0 spiro atoms. The van der Waals surface area contributed by atoms with Gasteiger partial charge in [0.25, 0.3) is 0 Å². The summed E-state index contributed by atoms with van der Waals surface area (Å²) in [7, 11) is 1.41. The lowest BCUT2D eigenvalue weighted by molar-refractivity contribution is 0.0258. The highest BCUT2D eigenvalue weighted by Crippen LogP contribution is 2.34. The second-order valence-corrected chi connectivity index (χ2v) is 9.96. The lowest BCUT2D eigenvalue weighted by atomic mass is 9.92. The predicted molar refractivity (Wildman–Crippen MR) is 131 cm³/mol. The van der Waals surface area contributed by atoms with Crippen LogP contribution in [0.2, 0.25) is 0 Å². The number of methoxy groups -OCH3 is 1. The first-order valence-corrected chi connectivity index (χ1v) is 11.8. The Morgan fingerprint density at radius 2 is 2.03 bits per heavy atom. The van der Waals surface area contributed by atoms with Crippen LogP contribution in [0.25, 0.3) is 16.6 Å². The minimum absolute atomic E-state index is 0.0544. The van der Waals surface area contributed by atoms with E-state index < -0.39 is 11.4 Å². The van der Waals surface area contributed by atoms with Gasteiger partial charge in [-0.25, -0.2) is 14.4 Å². The summed E-state index contributed by atoms with van der Waals surface area (Å²) >= 11 is 0. The van der Waals surface area contributed by atoms with Crippen LogP contribution in [-0.2, 0) is 0 Å². The number of anilines is 2. The number of aromatic nitrogens is 6. The van der Waals surface area contributed by atoms with Gasteiger partial charge in [-0.3, -0.25) is 4.68 Å². The fourth-order valence-corrected chi connectivity index (χ4v) is 4.67. The predicted octanol–water partition coefficient (Wildman–Crippen LogP) is 3.31. The molecule has 0 amide bonds. The van der Waals surface area contributed by atoms with Crippen molar-refractivity contribution >= 4 is 28.2 Å². The Morgan fingerprint density at radius 3 is 2.74 bits per heavy atom. The van der Waals surface area contributed by atoms with E-state index in [1.165, 1.54) is 23.8 Å². The molecule has 3 aromatic heterocycles. The minimum atomic E-state index is -0.889. The number of hydrogen-bond acceptors (Lipinski definition) is 8. The fourth-order valence-electron chi connectivity index (χ4n) is 4.67. The van der Waals surface area contributed by atoms with Crippen LogP contribution in [0.1, 0.15) is 58.3 Å². The molecule has 35 heavy (non-hydrogen) atoms. The average molecular weight is 483 g/mol. The van der Waals surface area contributed by atoms with Crippen molar-refractivity contribution in [3.8, 4) is 5.75 Å². The summed E-state index contributed by atoms with van der Waals surface area (Å²) in [5, 5.41) is 20.1. The molecule has 4 aromatic rings. The zero-order valence-electron chi connectivity index (χ0n) is 20.6. The molecular formula is C24H31FN8O2. The molecule has 0 unspecified atom stereocenters. The van der Waals surface area contributed by atoms with E-state index in [2.05, 4.69) is 27.0 Å². The van der Waals surface area contributed by atoms with Crippen molar-refractivity contribution in [1.29, 1.82) is 0 Å². The van der Waals surface area contributed by atoms with Crippen molar-refractivity contribution in [3.63, 3.8) is 0 Å². The third-order valence-electron chi connectivity index (χ3n) is 7.17. The van der Waals surface area contributed by atoms with Crippen molar-refractivity contribution in [3.05, 3.63) is 36.2 Å². The number of nitrogen functional groups attached to an aromatic ring is 1. The lowest BCUT2D eigenvalue weighted by Gasteiger charge is -2.38. The van der Waals surface area contributed by atoms with Crippen LogP contribution in [-0.4, -0.2) is 59.8 Å². The van der Waals surface area contributed by atoms with Crippen LogP contribution in [0.3, 0.4) is 0 Å². The number of fused-ring (bicyclic) bond motifs is 3. The first kappa shape index (κ1) is 23.3. The second-order valence-electron chi connectivity index (χ2n) is 9.96. The molecule has 1 aromatic carbocycles. The Bertz CT molecular complexity index is 1390. The third kappa shape index (κ3) is 4.03. The van der Waals surface area contributed by atoms with Crippen LogP contribution >= 0.6 is 0 Å². The molecular weight excluding hydrogens is 451 g/mol. The number of ether oxygens (including phenoxy) is 1. The Kier molecular flexibility index (Phi) is 5.54. The molecule has 4 heterocycles. The summed E-state index contributed by atoms with van der Waals surface area (Å²) in [6.07, 6.45) is 5.68. The highest BCUT2D eigenvalue weighted by atomic mass is 19.1. The Morgan fingerprint density at radius 1 is 1.26 bits per heavy atom. The lowest BCUT2D eigenvalue weighted by Crippen LogP contribution is -2.41. The second kappa shape index (κ2) is 8.33. The van der Waals surface area contributed by atoms with Gasteiger partial charge in [0, 0.05) is 36.2 Å². The van der Waals surface area contributed by atoms with E-state index in [4.69, 9.17) is 15.5 Å². The topological polar surface area (TPSA) is 120 Å². The molecule has 0 radical (unpaired) electrons. The number of nitrogens with two attached hydrogens (primary N) is 1. The van der Waals surface area contributed by atoms with Gasteiger partial charge in [0.2, 0.25) is 5.95 Å². The van der Waals surface area contributed by atoms with E-state index >= 15 is 0 Å². The molecule has 10 nitrogen and oxygen atoms in total. The number of aliphatic hydroxyl groups is 1. The van der Waals surface area contributed by atoms with E-state index in [1.54, 1.807) is 18.5 Å². The summed E-state index contributed by atoms with van der Waals surface area (Å²) in [5.74, 6) is 0.496. The van der Waals surface area contributed by atoms with E-state index in [1.807, 2.05) is 19.3 Å². The monoisotopic (exact) mass is 482 g/mol. The zero-order valence-corrected chi connectivity index (χ0v) is 20.6. The van der Waals surface area contributed by atoms with Gasteiger partial charge in [-0.15, -0.1) is 5.10 Å². The molecule has 1 aliphatic heterocycles. The number of rotatable bonds is 5. The van der Waals surface area contributed by atoms with Crippen LogP contribution in [0.15, 0.2) is 24.5 Å². The van der Waals surface area contributed by atoms with E-state index in [0.717, 1.165) is 18.5 Å². The summed E-state index contributed by atoms with van der Waals surface area (Å²) in [5.41, 5.74) is 7.25. The molecule has 3 N–H and O–H groups in total. The standard InChI is InChI=1S/C24H31FN8O2/c1-13-6-7-15(11-31(13)16-10-27-32(12-16)14(2)24(3,4)34)21-29-22-17-8-18(25)20(35-5)9-19(17)28-23(26)33(22)30-21/h8-10,12-15,34H,6-7,11H2,1-5H3,(H2,26,28)/t13-,14-,15+/m1/s1. The summed E-state index contributed by atoms with van der Waals surface area (Å²) in [6.45, 7) is 8.39. The Labute approximate surface area is 202 Å². The van der Waals surface area contributed by atoms with Crippen molar-refractivity contribution < 1.29 is 14.2 Å². The number of halogens is 1. The molecule has 0 aliphatic carbocycles. The molecule has 0 bridgehead atoms. The molecule has 11 heteroatoms. The van der Waals surface area contributed by atoms with Crippen LogP contribution < -0.4 is 15.4 Å². The molecule has 1 aliphatic rings. The van der Waals surface area contributed by atoms with E-state index in [9.17, 15) is 9.50 Å². The summed E-state index contributed by atoms with van der Waals surface area (Å²) in [6, 6.07) is 3.02. The van der Waals surface area contributed by atoms with Crippen LogP contribution in [0.4, 0.5) is 16.0 Å². The summed E-state index contributed by atoms with van der Waals surface area (Å²) in [4.78, 5) is 11.5. The highest BCUT2D eigenvalue weighted by Gasteiger charge is 2.32. The first-order valence-electron chi connectivity index (χ1n) is 11.8. The van der Waals surface area contributed by atoms with Crippen LogP contribution in [0, 0.1) is 5.82 Å². The largest absolute Gasteiger partial charge is 0.494 e. The van der Waals surface area contributed by atoms with Gasteiger partial charge in [-0.1, -0.05) is 0 Å². The first-order chi connectivity index (χ1) is 16.6. The zero-order chi connectivity index (χ0) is 25.1.